The Kier molecular flexibility index (Phi) is 40.7. The molecule has 563 valence electrons. The van der Waals surface area contributed by atoms with Crippen molar-refractivity contribution in [3.8, 4) is 0 Å². The Labute approximate surface area is 628 Å². The maximum Gasteiger partial charge on any atom is 2.00 e. The minimum atomic E-state index is -3.45. The zero-order valence-corrected chi connectivity index (χ0v) is 63.0. The molecule has 4 atom stereocenters. The van der Waals surface area contributed by atoms with Gasteiger partial charge >= 0.3 is 194 Å². The minimum absolute atomic E-state index is 0. The average molecular weight is 1610 g/mol. The molecule has 101 heavy (non-hydrogen) atoms. The fourth-order valence-corrected chi connectivity index (χ4v) is 18.0. The van der Waals surface area contributed by atoms with Gasteiger partial charge < -0.3 is 18.9 Å². The summed E-state index contributed by atoms with van der Waals surface area (Å²) < 4.78 is 75.4. The third kappa shape index (κ3) is 31.5. The molecular weight excluding hydrogens is 1500 g/mol. The van der Waals surface area contributed by atoms with Crippen LogP contribution in [0.25, 0.3) is 0 Å². The topological polar surface area (TPSA) is 173 Å². The van der Waals surface area contributed by atoms with Crippen molar-refractivity contribution in [2.45, 2.75) is 207 Å². The van der Waals surface area contributed by atoms with Crippen LogP contribution in [-0.4, -0.2) is 108 Å². The monoisotopic (exact) mass is 1600 g/mol. The fourth-order valence-electron chi connectivity index (χ4n) is 13.4. The van der Waals surface area contributed by atoms with Gasteiger partial charge in [-0.1, -0.05) is 55.2 Å². The van der Waals surface area contributed by atoms with Gasteiger partial charge in [0.1, 0.15) is 34.3 Å². The minimum Gasteiger partial charge on any atom is -0.455 e. The molecule has 8 bridgehead atoms. The van der Waals surface area contributed by atoms with Gasteiger partial charge in [-0.3, -0.25) is 9.59 Å². The molecule has 4 unspecified atom stereocenters. The van der Waals surface area contributed by atoms with Gasteiger partial charge in [0.25, 0.3) is 0 Å². The van der Waals surface area contributed by atoms with Gasteiger partial charge in [-0.25, -0.2) is 9.59 Å². The number of ether oxygens (including phenoxy) is 4. The average Bonchev–Trinajstić information content (AvgIpc) is 0.743. The van der Waals surface area contributed by atoms with Crippen LogP contribution >= 0.6 is 11.8 Å². The van der Waals surface area contributed by atoms with E-state index in [4.69, 9.17) is 38.1 Å². The number of hydrogen-bond acceptors (Lipinski definition) is 13. The molecule has 2 heterocycles. The van der Waals surface area contributed by atoms with Crippen LogP contribution in [0.15, 0.2) is 138 Å². The Bertz CT molecular complexity index is 3000. The number of halogens is 5. The normalized spacial score (nSPS) is 23.2. The number of ketones is 2. The first kappa shape index (κ1) is 93.7. The van der Waals surface area contributed by atoms with Crippen molar-refractivity contribution in [1.29, 1.82) is 0 Å². The van der Waals surface area contributed by atoms with Crippen molar-refractivity contribution >= 4 is 58.5 Å². The number of hydrogen-bond donors (Lipinski definition) is 0. The van der Waals surface area contributed by atoms with E-state index < -0.39 is 35.0 Å². The largest absolute Gasteiger partial charge is 2.00 e. The quantitative estimate of drug-likeness (QED) is 0.0376. The van der Waals surface area contributed by atoms with Crippen molar-refractivity contribution in [2.24, 2.45) is 35.5 Å². The Hall–Kier alpha value is -5.27. The zero-order valence-electron chi connectivity index (χ0n) is 58.3. The molecular formula is C81H109CuF4IO12S2. The predicted molar refractivity (Wildman–Crippen MR) is 384 cm³/mol. The molecule has 15 rings (SSSR count). The number of thioether (sulfide) groups is 1. The molecule has 20 heteroatoms. The number of Topliss-reactive ketones (excluding diaryl/α,β-unsaturated/α-hetero) is 2. The van der Waals surface area contributed by atoms with E-state index in [1.807, 2.05) is 72.4 Å². The first-order chi connectivity index (χ1) is 45.6. The summed E-state index contributed by atoms with van der Waals surface area (Å²) in [5, 5.41) is 0. The third-order valence-electron chi connectivity index (χ3n) is 17.8. The van der Waals surface area contributed by atoms with Crippen molar-refractivity contribution in [3.63, 3.8) is 0 Å². The van der Waals surface area contributed by atoms with E-state index in [0.29, 0.717) is 75.1 Å². The molecule has 8 aliphatic carbocycles. The van der Waals surface area contributed by atoms with E-state index in [1.165, 1.54) is 51.7 Å². The van der Waals surface area contributed by atoms with Gasteiger partial charge in [0.2, 0.25) is 0 Å². The molecule has 5 aromatic carbocycles. The van der Waals surface area contributed by atoms with Crippen LogP contribution in [0.4, 0.5) is 17.6 Å². The number of esters is 2. The van der Waals surface area contributed by atoms with Crippen LogP contribution in [0.2, 0.25) is 0 Å². The first-order valence-corrected chi connectivity index (χ1v) is 38.0. The molecule has 0 spiro atoms. The fraction of sp³-hybridized carbons (Fsp3) is 0.556. The Morgan fingerprint density at radius 2 is 0.772 bits per heavy atom. The summed E-state index contributed by atoms with van der Waals surface area (Å²) in [6, 6.07) is 52.6. The molecule has 1 radical (unpaired) electrons. The molecule has 2 saturated heterocycles. The zero-order chi connectivity index (χ0) is 71.7. The van der Waals surface area contributed by atoms with Gasteiger partial charge in [0.05, 0.1) is 26.4 Å². The summed E-state index contributed by atoms with van der Waals surface area (Å²) in [5.74, 6) is -4.08. The molecule has 0 aromatic heterocycles. The molecule has 8 saturated carbocycles. The predicted octanol–water partition coefficient (Wildman–Crippen LogP) is 14.5. The maximum atomic E-state index is 12.9. The van der Waals surface area contributed by atoms with Gasteiger partial charge in [-0.05, 0) is 99.2 Å². The molecule has 0 N–H and O–H groups in total. The van der Waals surface area contributed by atoms with E-state index in [1.54, 1.807) is 0 Å². The summed E-state index contributed by atoms with van der Waals surface area (Å²) in [6.07, 6.45) is 6.95. The van der Waals surface area contributed by atoms with Gasteiger partial charge in [0.15, 0.2) is 4.90 Å². The van der Waals surface area contributed by atoms with Crippen molar-refractivity contribution in [2.75, 3.05) is 49.4 Å². The molecule has 2 aliphatic heterocycles. The van der Waals surface area contributed by atoms with Crippen LogP contribution in [0.3, 0.4) is 0 Å². The van der Waals surface area contributed by atoms with E-state index >= 15 is 0 Å². The summed E-state index contributed by atoms with van der Waals surface area (Å²) in [6.45, 7) is 25.3. The van der Waals surface area contributed by atoms with Gasteiger partial charge in [-0.15, -0.1) is 0 Å². The Morgan fingerprint density at radius 3 is 1.00 bits per heavy atom. The van der Waals surface area contributed by atoms with Gasteiger partial charge in [-0.2, -0.15) is 121 Å². The summed E-state index contributed by atoms with van der Waals surface area (Å²) in [4.78, 5) is 80.6. The summed E-state index contributed by atoms with van der Waals surface area (Å²) in [5.41, 5.74) is 3.42. The Morgan fingerprint density at radius 1 is 0.485 bits per heavy atom. The van der Waals surface area contributed by atoms with E-state index in [9.17, 15) is 36.7 Å². The van der Waals surface area contributed by atoms with E-state index in [2.05, 4.69) is 147 Å². The molecule has 0 amide bonds. The van der Waals surface area contributed by atoms with Crippen molar-refractivity contribution in [3.05, 3.63) is 169 Å². The molecule has 5 aromatic rings. The molecule has 10 aliphatic rings. The maximum absolute atomic E-state index is 12.9. The van der Waals surface area contributed by atoms with Crippen LogP contribution in [0, 0.1) is 54.8 Å². The van der Waals surface area contributed by atoms with Gasteiger partial charge in [0, 0.05) is 59.9 Å². The van der Waals surface area contributed by atoms with Crippen LogP contribution in [0.1, 0.15) is 179 Å². The smallest absolute Gasteiger partial charge is 0.455 e. The number of benzene rings is 5. The number of carbonyl (C=O) groups is 4. The van der Waals surface area contributed by atoms with Crippen LogP contribution in [-0.2, 0) is 102 Å². The third-order valence-corrected chi connectivity index (χ3v) is 23.7. The standard InChI is InChI=1S/C20H26I.C14H21OS.2C13H16F2O3.2C6H5.C4H8OS.2CO2.3CH4.Cu/c1-19(2,3)15-7-11-17(12-8-15)21-18-13-9-16(10-14-18)20(4,5)6;1-14(2,3)12-4-6-13(7-5-12)16-10-8-15-9-11-16;2*1-12(14,15)11(17)18-13-4-7-2-8(5-13)10(16)9(3-7)6-13;2*1-2-4-6-5-3-1;1-3-6-4-2-5-1;2*2-1-3;;;;/h7-14H,1-6H3;4-7H,8-11H2,1-3H3;2*7-9H,2-6H2,1H3;2*1-5H;1-4H2;;;3*1H4;/q-1;+1;;;2*-1;;;;;;;+2. The van der Waals surface area contributed by atoms with Crippen LogP contribution < -0.4 is 21.2 Å². The Balaban J connectivity index is 0.000000600. The molecule has 10 fully saturated rings. The SMILES string of the molecule is C.C.C.C1CSCCO1.CC(C)(C)c1ccc([I-]c2ccc(C(C)(C)C)cc2)cc1.CC(C)(C)c1ccc([S+]2CCOCC2)cc1.CC(F)(F)C(=O)OC12CC3CC(C1)C(=O)C(C3)C2.CC(F)(F)C(=O)OC12CC3CC(C1)C(=O)C(C3)C2.O=C=O.O=C=O.[Cu+2].[c-]1ccccc1.[c-]1ccccc1. The summed E-state index contributed by atoms with van der Waals surface area (Å²) >= 11 is 1.90. The van der Waals surface area contributed by atoms with Crippen molar-refractivity contribution < 1.29 is 113 Å². The van der Waals surface area contributed by atoms with Crippen LogP contribution in [0.5, 0.6) is 0 Å². The number of carbonyl (C=O) groups excluding carboxylic acids is 8. The second kappa shape index (κ2) is 43.9. The number of rotatable bonds is 7. The second-order valence-corrected chi connectivity index (χ2v) is 35.4. The van der Waals surface area contributed by atoms with Crippen molar-refractivity contribution in [1.82, 2.24) is 0 Å². The summed E-state index contributed by atoms with van der Waals surface area (Å²) in [7, 11) is 0.432. The molecule has 12 nitrogen and oxygen atoms in total. The second-order valence-electron chi connectivity index (χ2n) is 28.9. The van der Waals surface area contributed by atoms with E-state index in [-0.39, 0.29) is 124 Å². The van der Waals surface area contributed by atoms with E-state index in [0.717, 1.165) is 52.1 Å². The number of alkyl halides is 4. The first-order valence-electron chi connectivity index (χ1n) is 33.1.